The van der Waals surface area contributed by atoms with E-state index < -0.39 is 0 Å². The highest BCUT2D eigenvalue weighted by Crippen LogP contribution is 2.52. The summed E-state index contributed by atoms with van der Waals surface area (Å²) in [4.78, 5) is 56.8. The first-order valence-electron chi connectivity index (χ1n) is 51.7. The van der Waals surface area contributed by atoms with Crippen LogP contribution in [0.1, 0.15) is 378 Å². The fourth-order valence-electron chi connectivity index (χ4n) is 28.0. The fraction of sp³-hybridized carbons (Fsp3) is 0.914. The Morgan fingerprint density at radius 1 is 0.258 bits per heavy atom. The number of hydrazone groups is 3. The zero-order chi connectivity index (χ0) is 98.8. The number of rotatable bonds is 23. The number of amidine groups is 3. The van der Waals surface area contributed by atoms with Crippen LogP contribution in [0.4, 0.5) is 0 Å². The molecule has 0 aromatic carbocycles. The minimum atomic E-state index is -0.139. The third-order valence-corrected chi connectivity index (χ3v) is 37.6. The number of nitrogens with one attached hydrogen (secondary N) is 5. The average molecular weight is 1850 g/mol. The second kappa shape index (κ2) is 36.1. The second-order valence-corrected chi connectivity index (χ2v) is 55.4. The van der Waals surface area contributed by atoms with Gasteiger partial charge in [0, 0.05) is 180 Å². The number of hydrazine groups is 3. The van der Waals surface area contributed by atoms with Gasteiger partial charge in [0.25, 0.3) is 0 Å². The fourth-order valence-corrected chi connectivity index (χ4v) is 28.0. The molecule has 0 aliphatic carbocycles. The molecule has 12 rings (SSSR count). The first-order chi connectivity index (χ1) is 59.9. The Labute approximate surface area is 806 Å². The molecule has 12 aliphatic rings. The minimum Gasteiger partial charge on any atom is -0.370 e. The van der Waals surface area contributed by atoms with Crippen molar-refractivity contribution in [1.82, 2.24) is 106 Å². The lowest BCUT2D eigenvalue weighted by atomic mass is 9.73. The molecule has 0 unspecified atom stereocenters. The first-order valence-corrected chi connectivity index (χ1v) is 51.7. The molecule has 9 fully saturated rings. The molecule has 0 spiro atoms. The number of hydrogen-bond acceptors (Lipinski definition) is 27. The summed E-state index contributed by atoms with van der Waals surface area (Å²) in [6.45, 7) is 90.0. The van der Waals surface area contributed by atoms with Gasteiger partial charge >= 0.3 is 0 Å². The predicted molar refractivity (Wildman–Crippen MR) is 548 cm³/mol. The van der Waals surface area contributed by atoms with Crippen LogP contribution >= 0.6 is 0 Å². The van der Waals surface area contributed by atoms with Gasteiger partial charge in [0.15, 0.2) is 17.5 Å². The maximum atomic E-state index is 7.59. The van der Waals surface area contributed by atoms with Crippen LogP contribution in [0.15, 0.2) is 51.0 Å². The van der Waals surface area contributed by atoms with Crippen molar-refractivity contribution in [3.8, 4) is 0 Å². The zero-order valence-electron chi connectivity index (χ0n) is 93.1. The zero-order valence-corrected chi connectivity index (χ0v) is 93.1. The van der Waals surface area contributed by atoms with E-state index in [1.165, 1.54) is 0 Å². The second-order valence-electron chi connectivity index (χ2n) is 55.4. The standard InChI is InChI=1S/C105H200N24O3/c1-88(2)55-73(56-89(3,4)114(88)37)124(74-57-90(5,6)115(38)91(7,8)58-74)85-52-82(108-127(111-85)130-79-67-100(25,26)120(43)101(27,28)68-79)106-48-46-50-123(84-54-87(113-129(110-84)132-81-71-104(33,34)122(45)105(35,36)72-81)126(77-63-96(17,18)118(41)97(19,20)64-77)78-65-98(21,22)119(42)99(23,24)66-78)51-47-49-107-83-53-86(112-128(109-83)131-80-69-102(29,30)121(44)103(31,32)70-80)125(75-59-92(9,10)116(39)93(11,12)60-75)76-61-94(13,14)117(40)95(15,16)62-76/h52-54,73-81,106-110H,46-51,55-72H2,1-45H3. The van der Waals surface area contributed by atoms with Crippen molar-refractivity contribution < 1.29 is 14.5 Å². The van der Waals surface area contributed by atoms with Crippen molar-refractivity contribution in [2.45, 2.75) is 532 Å². The molecule has 12 aliphatic heterocycles. The molecule has 0 aromatic heterocycles. The molecule has 27 heteroatoms. The Morgan fingerprint density at radius 3 is 0.614 bits per heavy atom. The molecule has 12 heterocycles. The summed E-state index contributed by atoms with van der Waals surface area (Å²) in [6, 6.07) is 1.12. The van der Waals surface area contributed by atoms with Crippen molar-refractivity contribution >= 4 is 17.5 Å². The molecular weight excluding hydrogens is 1650 g/mol. The molecule has 758 valence electrons. The molecule has 0 atom stereocenters. The van der Waals surface area contributed by atoms with Crippen LogP contribution < -0.4 is 26.9 Å². The van der Waals surface area contributed by atoms with Crippen molar-refractivity contribution in [3.63, 3.8) is 0 Å². The van der Waals surface area contributed by atoms with E-state index in [9.17, 15) is 0 Å². The van der Waals surface area contributed by atoms with Crippen LogP contribution in [0.3, 0.4) is 0 Å². The third kappa shape index (κ3) is 22.2. The maximum absolute atomic E-state index is 7.59. The van der Waals surface area contributed by atoms with Crippen molar-refractivity contribution in [3.05, 3.63) is 35.7 Å². The largest absolute Gasteiger partial charge is 0.370 e. The summed E-state index contributed by atoms with van der Waals surface area (Å²) in [5, 5.41) is 30.9. The highest BCUT2D eigenvalue weighted by molar-refractivity contribution is 5.95. The first kappa shape index (κ1) is 106. The summed E-state index contributed by atoms with van der Waals surface area (Å²) < 4.78 is 0. The number of hydrogen-bond donors (Lipinski definition) is 5. The topological polar surface area (TPSA) is 177 Å². The van der Waals surface area contributed by atoms with Gasteiger partial charge in [-0.2, -0.15) is 0 Å². The van der Waals surface area contributed by atoms with Crippen LogP contribution in [0.25, 0.3) is 0 Å². The Kier molecular flexibility index (Phi) is 29.1. The summed E-state index contributed by atoms with van der Waals surface area (Å²) >= 11 is 0. The molecule has 5 N–H and O–H groups in total. The van der Waals surface area contributed by atoms with Crippen LogP contribution in [-0.4, -0.2) is 341 Å². The van der Waals surface area contributed by atoms with Gasteiger partial charge in [0.1, 0.15) is 17.5 Å². The van der Waals surface area contributed by atoms with Crippen LogP contribution in [0.5, 0.6) is 0 Å². The molecule has 0 bridgehead atoms. The van der Waals surface area contributed by atoms with Crippen LogP contribution in [-0.2, 0) is 14.5 Å². The normalized spacial score (nSPS) is 29.8. The molecular formula is C105H200N24O3. The van der Waals surface area contributed by atoms with E-state index in [1.54, 1.807) is 10.6 Å². The smallest absolute Gasteiger partial charge is 0.157 e. The predicted octanol–water partition coefficient (Wildman–Crippen LogP) is 16.7. The van der Waals surface area contributed by atoms with Gasteiger partial charge in [0.2, 0.25) is 0 Å². The van der Waals surface area contributed by atoms with E-state index in [-0.39, 0.29) is 154 Å². The van der Waals surface area contributed by atoms with Crippen molar-refractivity contribution in [1.29, 1.82) is 0 Å². The van der Waals surface area contributed by atoms with Crippen LogP contribution in [0.2, 0.25) is 0 Å². The van der Waals surface area contributed by atoms with Gasteiger partial charge in [-0.25, -0.2) is 30.8 Å². The number of likely N-dealkylation sites (tertiary alicyclic amines) is 9. The molecule has 0 amide bonds. The van der Waals surface area contributed by atoms with E-state index >= 15 is 0 Å². The summed E-state index contributed by atoms with van der Waals surface area (Å²) in [5.41, 5.74) is 9.88. The highest BCUT2D eigenvalue weighted by atomic mass is 16.8. The van der Waals surface area contributed by atoms with Gasteiger partial charge in [-0.15, -0.1) is 15.3 Å². The summed E-state index contributed by atoms with van der Waals surface area (Å²) in [7, 11) is 20.9. The number of piperidine rings is 9. The Morgan fingerprint density at radius 2 is 0.424 bits per heavy atom. The Balaban J connectivity index is 0.957. The minimum absolute atomic E-state index is 0.0758. The lowest BCUT2D eigenvalue weighted by molar-refractivity contribution is -0.255. The Bertz CT molecular complexity index is 3760. The highest BCUT2D eigenvalue weighted by Gasteiger charge is 2.58. The molecule has 27 nitrogen and oxygen atoms in total. The summed E-state index contributed by atoms with van der Waals surface area (Å²) in [6.07, 6.45) is 25.3. The SMILES string of the molecule is CN1C(C)(C)CC(ON2N=C(N(C3CC(C)(C)N(C)C(C)(C)C3)C3CC(C)(C)N(C)C(C)(C)C3)C=C(NCCCN(CCCNC3=CC(N(C4CC(C)(C)N(C)C(C)(C)C4)C4CC(C)(C)N(C)C(C)(C)C4)=NN(OC4CC(C)(C)N(C)C(C)(C)C4)N3)C3=CC(N(C4CC(C)(C)N(C)C(C)(C)C4)C4CC(C)(C)N(C)C(C)(C)C4)=NN(OC4CC(C)(C)N(C)C(C)(C)C4)N3)N2)CC1(C)C. The molecule has 0 saturated carbocycles. The molecule has 0 radical (unpaired) electrons. The molecule has 132 heavy (non-hydrogen) atoms. The van der Waals surface area contributed by atoms with E-state index in [0.29, 0.717) is 26.2 Å². The van der Waals surface area contributed by atoms with Gasteiger partial charge in [-0.05, 0) is 441 Å². The van der Waals surface area contributed by atoms with E-state index in [1.807, 2.05) is 5.28 Å². The maximum Gasteiger partial charge on any atom is 0.157 e. The molecule has 9 saturated heterocycles. The van der Waals surface area contributed by atoms with E-state index in [4.69, 9.17) is 29.8 Å². The van der Waals surface area contributed by atoms with Crippen molar-refractivity contribution in [2.24, 2.45) is 15.3 Å². The summed E-state index contributed by atoms with van der Waals surface area (Å²) in [5.74, 6) is 5.57. The average Bonchev–Trinajstić information content (AvgIpc) is 0.742. The van der Waals surface area contributed by atoms with Gasteiger partial charge in [0.05, 0.1) is 18.3 Å². The number of nitrogens with zero attached hydrogens (tertiary/aromatic N) is 19. The van der Waals surface area contributed by atoms with Crippen LogP contribution in [0, 0.1) is 0 Å². The van der Waals surface area contributed by atoms with Crippen molar-refractivity contribution in [2.75, 3.05) is 89.6 Å². The van der Waals surface area contributed by atoms with E-state index in [2.05, 4.69) is 422 Å². The lowest BCUT2D eigenvalue weighted by Crippen LogP contribution is -2.68. The Hall–Kier alpha value is -4.65. The van der Waals surface area contributed by atoms with Gasteiger partial charge in [-0.1, -0.05) is 15.8 Å². The lowest BCUT2D eigenvalue weighted by Gasteiger charge is -2.60. The van der Waals surface area contributed by atoms with Gasteiger partial charge < -0.3 is 30.2 Å². The quantitative estimate of drug-likeness (QED) is 0.0610. The molecule has 0 aromatic rings. The van der Waals surface area contributed by atoms with E-state index in [0.717, 1.165) is 163 Å². The monoisotopic (exact) mass is 1850 g/mol. The third-order valence-electron chi connectivity index (χ3n) is 37.6. The van der Waals surface area contributed by atoms with Gasteiger partial charge in [-0.3, -0.25) is 44.1 Å².